The van der Waals surface area contributed by atoms with E-state index in [0.29, 0.717) is 18.7 Å². The van der Waals surface area contributed by atoms with E-state index < -0.39 is 24.1 Å². The van der Waals surface area contributed by atoms with Crippen LogP contribution in [0.5, 0.6) is 0 Å². The van der Waals surface area contributed by atoms with Gasteiger partial charge in [-0.3, -0.25) is 4.79 Å². The molecule has 1 saturated carbocycles. The number of carbonyl (C=O) groups is 1. The molecule has 7 heteroatoms. The second-order valence-corrected chi connectivity index (χ2v) is 7.39. The number of methoxy groups -OCH3 is 1. The van der Waals surface area contributed by atoms with Gasteiger partial charge < -0.3 is 15.4 Å². The van der Waals surface area contributed by atoms with Crippen molar-refractivity contribution in [3.05, 3.63) is 35.4 Å². The molecule has 2 fully saturated rings. The Morgan fingerprint density at radius 2 is 1.96 bits per heavy atom. The molecule has 1 aliphatic heterocycles. The fourth-order valence-electron chi connectivity index (χ4n) is 4.83. The number of fused-ring (bicyclic) bond motifs is 2. The highest BCUT2D eigenvalue weighted by molar-refractivity contribution is 5.92. The zero-order valence-electron chi connectivity index (χ0n) is 14.9. The van der Waals surface area contributed by atoms with Crippen LogP contribution < -0.4 is 5.73 Å². The van der Waals surface area contributed by atoms with Gasteiger partial charge in [0.2, 0.25) is 5.91 Å². The lowest BCUT2D eigenvalue weighted by atomic mass is 9.62. The van der Waals surface area contributed by atoms with E-state index in [4.69, 9.17) is 10.5 Å². The molecule has 1 amide bonds. The molecule has 2 N–H and O–H groups in total. The van der Waals surface area contributed by atoms with Gasteiger partial charge in [-0.05, 0) is 30.5 Å². The maximum atomic E-state index is 12.6. The molecule has 0 aromatic heterocycles. The molecule has 2 atom stereocenters. The zero-order chi connectivity index (χ0) is 18.9. The van der Waals surface area contributed by atoms with E-state index in [9.17, 15) is 18.0 Å². The van der Waals surface area contributed by atoms with Gasteiger partial charge >= 0.3 is 6.18 Å². The van der Waals surface area contributed by atoms with Crippen LogP contribution in [0.4, 0.5) is 13.2 Å². The molecule has 0 spiro atoms. The summed E-state index contributed by atoms with van der Waals surface area (Å²) in [4.78, 5) is 13.5. The Hall–Kier alpha value is -1.60. The number of carbonyl (C=O) groups excluding carboxylic acids is 1. The van der Waals surface area contributed by atoms with Gasteiger partial charge in [0, 0.05) is 44.1 Å². The van der Waals surface area contributed by atoms with E-state index in [2.05, 4.69) is 0 Å². The standard InChI is InChI=1S/C19H25F3N2O2/c1-26-19(14-5-2-4-13(10-14)17(23)25)15-6-3-7-16(19)12-24(11-15)9-8-18(20,21)22/h2,4-5,10,15-16H,3,6-9,11-12H2,1H3,(H2,23,25). The molecular weight excluding hydrogens is 345 g/mol. The lowest BCUT2D eigenvalue weighted by molar-refractivity contribution is -0.177. The van der Waals surface area contributed by atoms with Crippen LogP contribution in [0.1, 0.15) is 41.6 Å². The number of rotatable bonds is 5. The number of amides is 1. The zero-order valence-corrected chi connectivity index (χ0v) is 14.9. The molecule has 1 aromatic rings. The lowest BCUT2D eigenvalue weighted by Crippen LogP contribution is -2.59. The number of halogens is 3. The Bertz CT molecular complexity index is 648. The maximum absolute atomic E-state index is 12.6. The fourth-order valence-corrected chi connectivity index (χ4v) is 4.83. The van der Waals surface area contributed by atoms with Gasteiger partial charge in [0.05, 0.1) is 6.42 Å². The number of alkyl halides is 3. The molecule has 0 radical (unpaired) electrons. The minimum absolute atomic E-state index is 0.0254. The average Bonchev–Trinajstić information content (AvgIpc) is 2.58. The fraction of sp³-hybridized carbons (Fsp3) is 0.632. The van der Waals surface area contributed by atoms with Crippen molar-refractivity contribution in [3.63, 3.8) is 0 Å². The third kappa shape index (κ3) is 3.60. The van der Waals surface area contributed by atoms with Gasteiger partial charge in [-0.1, -0.05) is 18.6 Å². The molecule has 1 aliphatic carbocycles. The first-order valence-electron chi connectivity index (χ1n) is 9.01. The van der Waals surface area contributed by atoms with Gasteiger partial charge in [-0.15, -0.1) is 0 Å². The van der Waals surface area contributed by atoms with Crippen molar-refractivity contribution < 1.29 is 22.7 Å². The molecule has 2 bridgehead atoms. The van der Waals surface area contributed by atoms with Gasteiger partial charge in [-0.2, -0.15) is 13.2 Å². The topological polar surface area (TPSA) is 55.6 Å². The number of ether oxygens (including phenoxy) is 1. The highest BCUT2D eigenvalue weighted by Gasteiger charge is 2.53. The summed E-state index contributed by atoms with van der Waals surface area (Å²) >= 11 is 0. The SMILES string of the molecule is COC1(c2cccc(C(N)=O)c2)C2CCCC1CN(CCC(F)(F)F)C2. The van der Waals surface area contributed by atoms with Crippen molar-refractivity contribution in [2.45, 2.75) is 37.5 Å². The monoisotopic (exact) mass is 370 g/mol. The maximum Gasteiger partial charge on any atom is 0.390 e. The van der Waals surface area contributed by atoms with Gasteiger partial charge in [0.15, 0.2) is 0 Å². The first-order valence-corrected chi connectivity index (χ1v) is 9.01. The summed E-state index contributed by atoms with van der Waals surface area (Å²) in [5, 5.41) is 0. The van der Waals surface area contributed by atoms with Crippen LogP contribution in [0.15, 0.2) is 24.3 Å². The Morgan fingerprint density at radius 1 is 1.31 bits per heavy atom. The van der Waals surface area contributed by atoms with Crippen LogP contribution in [0.2, 0.25) is 0 Å². The molecule has 3 rings (SSSR count). The van der Waals surface area contributed by atoms with Gasteiger partial charge in [0.1, 0.15) is 5.60 Å². The third-order valence-corrected chi connectivity index (χ3v) is 5.92. The molecule has 1 saturated heterocycles. The minimum atomic E-state index is -4.14. The summed E-state index contributed by atoms with van der Waals surface area (Å²) in [6.07, 6.45) is -2.09. The van der Waals surface area contributed by atoms with Gasteiger partial charge in [0.25, 0.3) is 0 Å². The largest absolute Gasteiger partial charge is 0.390 e. The second-order valence-electron chi connectivity index (χ2n) is 7.39. The second kappa shape index (κ2) is 7.19. The molecular formula is C19H25F3N2O2. The van der Waals surface area contributed by atoms with Crippen molar-refractivity contribution in [2.24, 2.45) is 17.6 Å². The molecule has 1 aromatic carbocycles. The summed E-state index contributed by atoms with van der Waals surface area (Å²) in [6, 6.07) is 7.18. The summed E-state index contributed by atoms with van der Waals surface area (Å²) in [6.45, 7) is 1.17. The third-order valence-electron chi connectivity index (χ3n) is 5.92. The van der Waals surface area contributed by atoms with Crippen LogP contribution >= 0.6 is 0 Å². The number of piperidine rings is 1. The number of hydrogen-bond donors (Lipinski definition) is 1. The Morgan fingerprint density at radius 3 is 2.50 bits per heavy atom. The van der Waals surface area contributed by atoms with E-state index in [-0.39, 0.29) is 18.4 Å². The van der Waals surface area contributed by atoms with E-state index in [1.54, 1.807) is 25.3 Å². The number of hydrogen-bond acceptors (Lipinski definition) is 3. The predicted molar refractivity (Wildman–Crippen MR) is 91.6 cm³/mol. The first-order chi connectivity index (χ1) is 12.3. The summed E-state index contributed by atoms with van der Waals surface area (Å²) in [5.41, 5.74) is 6.18. The van der Waals surface area contributed by atoms with E-state index in [1.165, 1.54) is 0 Å². The average molecular weight is 370 g/mol. The number of benzene rings is 1. The van der Waals surface area contributed by atoms with Crippen molar-refractivity contribution in [1.29, 1.82) is 0 Å². The molecule has 4 nitrogen and oxygen atoms in total. The summed E-state index contributed by atoms with van der Waals surface area (Å²) < 4.78 is 43.9. The van der Waals surface area contributed by atoms with Crippen LogP contribution in [-0.2, 0) is 10.3 Å². The van der Waals surface area contributed by atoms with E-state index >= 15 is 0 Å². The van der Waals surface area contributed by atoms with Crippen molar-refractivity contribution >= 4 is 5.91 Å². The van der Waals surface area contributed by atoms with E-state index in [0.717, 1.165) is 24.8 Å². The van der Waals surface area contributed by atoms with Crippen LogP contribution in [0, 0.1) is 11.8 Å². The number of nitrogens with zero attached hydrogens (tertiary/aromatic N) is 1. The van der Waals surface area contributed by atoms with E-state index in [1.807, 2.05) is 11.0 Å². The minimum Gasteiger partial charge on any atom is -0.373 e. The highest BCUT2D eigenvalue weighted by atomic mass is 19.4. The Labute approximate surface area is 151 Å². The van der Waals surface area contributed by atoms with Gasteiger partial charge in [-0.25, -0.2) is 0 Å². The smallest absolute Gasteiger partial charge is 0.373 e. The first kappa shape index (κ1) is 19.2. The molecule has 2 unspecified atom stereocenters. The highest BCUT2D eigenvalue weighted by Crippen LogP contribution is 2.51. The summed E-state index contributed by atoms with van der Waals surface area (Å²) in [5.74, 6) is -0.307. The van der Waals surface area contributed by atoms with Crippen LogP contribution in [0.25, 0.3) is 0 Å². The van der Waals surface area contributed by atoms with Crippen molar-refractivity contribution in [1.82, 2.24) is 4.90 Å². The Balaban J connectivity index is 1.88. The van der Waals surface area contributed by atoms with Crippen LogP contribution in [0.3, 0.4) is 0 Å². The Kier molecular flexibility index (Phi) is 5.30. The molecule has 144 valence electrons. The normalized spacial score (nSPS) is 29.5. The number of primary amides is 1. The quantitative estimate of drug-likeness (QED) is 0.865. The van der Waals surface area contributed by atoms with Crippen molar-refractivity contribution in [2.75, 3.05) is 26.7 Å². The molecule has 1 heterocycles. The summed E-state index contributed by atoms with van der Waals surface area (Å²) in [7, 11) is 1.66. The number of likely N-dealkylation sites (tertiary alicyclic amines) is 1. The number of nitrogens with two attached hydrogens (primary N) is 1. The molecule has 2 aliphatic rings. The molecule has 26 heavy (non-hydrogen) atoms. The van der Waals surface area contributed by atoms with Crippen LogP contribution in [-0.4, -0.2) is 43.7 Å². The predicted octanol–water partition coefficient (Wildman–Crippen LogP) is 3.31. The van der Waals surface area contributed by atoms with Crippen molar-refractivity contribution in [3.8, 4) is 0 Å². The lowest BCUT2D eigenvalue weighted by Gasteiger charge is -2.55.